The normalized spacial score (nSPS) is 10.0. The molecule has 0 radical (unpaired) electrons. The fourth-order valence-electron chi connectivity index (χ4n) is 2.44. The Kier molecular flexibility index (Phi) is 9.41. The lowest BCUT2D eigenvalue weighted by Crippen LogP contribution is -2.28. The Morgan fingerprint density at radius 3 is 1.55 bits per heavy atom. The van der Waals surface area contributed by atoms with Gasteiger partial charge in [-0.3, -0.25) is 0 Å². The molecule has 0 unspecified atom stereocenters. The first kappa shape index (κ1) is 23.2. The molecular weight excluding hydrogens is 443 g/mol. The molecule has 0 heterocycles. The molecule has 0 aliphatic carbocycles. The third-order valence-corrected chi connectivity index (χ3v) is 4.90. The second-order valence-corrected chi connectivity index (χ2v) is 7.68. The SMILES string of the molecule is C=CCNC(=S)Nc1ccc(Cc2ccc(NC(=S)NCC=C)c(Cl)c2)cc1Cl. The van der Waals surface area contributed by atoms with Crippen molar-refractivity contribution in [1.29, 1.82) is 0 Å². The fraction of sp³-hybridized carbons (Fsp3) is 0.143. The molecule has 0 bridgehead atoms. The number of anilines is 2. The van der Waals surface area contributed by atoms with Crippen LogP contribution in [0.5, 0.6) is 0 Å². The summed E-state index contributed by atoms with van der Waals surface area (Å²) >= 11 is 23.2. The standard InChI is InChI=1S/C21H22Cl2N4S2/c1-3-9-24-20(28)26-18-7-5-14(12-16(18)22)11-15-6-8-19(17(23)13-15)27-21(29)25-10-4-2/h3-8,12-13H,1-2,9-11H2,(H2,24,26,28)(H2,25,27,29). The number of rotatable bonds is 8. The van der Waals surface area contributed by atoms with Crippen LogP contribution >= 0.6 is 47.6 Å². The minimum absolute atomic E-state index is 0.495. The number of benzene rings is 2. The van der Waals surface area contributed by atoms with Gasteiger partial charge < -0.3 is 21.3 Å². The quantitative estimate of drug-likeness (QED) is 0.304. The van der Waals surface area contributed by atoms with Crippen LogP contribution in [-0.4, -0.2) is 23.3 Å². The molecule has 0 spiro atoms. The van der Waals surface area contributed by atoms with Gasteiger partial charge in [0.1, 0.15) is 0 Å². The molecule has 2 aromatic rings. The molecular formula is C21H22Cl2N4S2. The molecule has 0 amide bonds. The van der Waals surface area contributed by atoms with Crippen molar-refractivity contribution >= 4 is 69.2 Å². The van der Waals surface area contributed by atoms with Crippen LogP contribution in [-0.2, 0) is 6.42 Å². The van der Waals surface area contributed by atoms with Crippen molar-refractivity contribution in [3.63, 3.8) is 0 Å². The zero-order valence-electron chi connectivity index (χ0n) is 15.7. The van der Waals surface area contributed by atoms with Gasteiger partial charge in [-0.1, -0.05) is 47.5 Å². The van der Waals surface area contributed by atoms with Crippen LogP contribution in [0.1, 0.15) is 11.1 Å². The Morgan fingerprint density at radius 2 is 1.21 bits per heavy atom. The van der Waals surface area contributed by atoms with Crippen LogP contribution in [0.15, 0.2) is 61.7 Å². The summed E-state index contributed by atoms with van der Waals surface area (Å²) < 4.78 is 0. The second-order valence-electron chi connectivity index (χ2n) is 6.05. The van der Waals surface area contributed by atoms with Gasteiger partial charge in [0.2, 0.25) is 0 Å². The van der Waals surface area contributed by atoms with E-state index in [2.05, 4.69) is 34.4 Å². The maximum atomic E-state index is 6.39. The van der Waals surface area contributed by atoms with Crippen LogP contribution in [0.4, 0.5) is 11.4 Å². The molecule has 0 aromatic heterocycles. The topological polar surface area (TPSA) is 48.1 Å². The zero-order chi connectivity index (χ0) is 21.2. The maximum Gasteiger partial charge on any atom is 0.171 e. The summed E-state index contributed by atoms with van der Waals surface area (Å²) in [5.74, 6) is 0. The fourth-order valence-corrected chi connectivity index (χ4v) is 3.33. The molecule has 2 rings (SSSR count). The number of hydrogen-bond acceptors (Lipinski definition) is 2. The average molecular weight is 465 g/mol. The van der Waals surface area contributed by atoms with E-state index in [-0.39, 0.29) is 0 Å². The Labute approximate surface area is 192 Å². The van der Waals surface area contributed by atoms with Gasteiger partial charge in [0, 0.05) is 13.1 Å². The molecule has 0 saturated carbocycles. The van der Waals surface area contributed by atoms with E-state index in [9.17, 15) is 0 Å². The van der Waals surface area contributed by atoms with Crippen LogP contribution in [0.25, 0.3) is 0 Å². The van der Waals surface area contributed by atoms with E-state index in [4.69, 9.17) is 47.6 Å². The van der Waals surface area contributed by atoms with Crippen LogP contribution in [0.3, 0.4) is 0 Å². The predicted octanol–water partition coefficient (Wildman–Crippen LogP) is 5.53. The first-order chi connectivity index (χ1) is 13.9. The second kappa shape index (κ2) is 11.8. The largest absolute Gasteiger partial charge is 0.359 e. The van der Waals surface area contributed by atoms with Gasteiger partial charge in [-0.25, -0.2) is 0 Å². The van der Waals surface area contributed by atoms with Crippen molar-refractivity contribution < 1.29 is 0 Å². The van der Waals surface area contributed by atoms with Gasteiger partial charge in [0.05, 0.1) is 21.4 Å². The van der Waals surface area contributed by atoms with E-state index in [1.165, 1.54) is 0 Å². The van der Waals surface area contributed by atoms with Crippen molar-refractivity contribution in [2.75, 3.05) is 23.7 Å². The molecule has 4 nitrogen and oxygen atoms in total. The van der Waals surface area contributed by atoms with Gasteiger partial charge in [0.15, 0.2) is 10.2 Å². The van der Waals surface area contributed by atoms with Crippen molar-refractivity contribution in [2.24, 2.45) is 0 Å². The van der Waals surface area contributed by atoms with E-state index in [0.717, 1.165) is 22.5 Å². The highest BCUT2D eigenvalue weighted by Crippen LogP contribution is 2.27. The minimum Gasteiger partial charge on any atom is -0.359 e. The van der Waals surface area contributed by atoms with Gasteiger partial charge in [-0.05, 0) is 66.2 Å². The number of hydrogen-bond donors (Lipinski definition) is 4. The first-order valence-electron chi connectivity index (χ1n) is 8.81. The van der Waals surface area contributed by atoms with Crippen LogP contribution in [0, 0.1) is 0 Å². The van der Waals surface area contributed by atoms with Gasteiger partial charge in [-0.15, -0.1) is 13.2 Å². The maximum absolute atomic E-state index is 6.39. The summed E-state index contributed by atoms with van der Waals surface area (Å²) in [4.78, 5) is 0. The highest BCUT2D eigenvalue weighted by molar-refractivity contribution is 7.80. The molecule has 29 heavy (non-hydrogen) atoms. The van der Waals surface area contributed by atoms with Crippen LogP contribution < -0.4 is 21.3 Å². The van der Waals surface area contributed by atoms with Crippen molar-refractivity contribution in [2.45, 2.75) is 6.42 Å². The number of thiocarbonyl (C=S) groups is 2. The molecule has 0 atom stereocenters. The number of nitrogens with one attached hydrogen (secondary N) is 4. The molecule has 2 aromatic carbocycles. The third-order valence-electron chi connectivity index (χ3n) is 3.79. The lowest BCUT2D eigenvalue weighted by atomic mass is 10.0. The van der Waals surface area contributed by atoms with Gasteiger partial charge in [0.25, 0.3) is 0 Å². The van der Waals surface area contributed by atoms with E-state index in [1.807, 2.05) is 36.4 Å². The van der Waals surface area contributed by atoms with Crippen molar-refractivity contribution in [3.8, 4) is 0 Å². The summed E-state index contributed by atoms with van der Waals surface area (Å²) in [5.41, 5.74) is 3.61. The van der Waals surface area contributed by atoms with Crippen molar-refractivity contribution in [1.82, 2.24) is 10.6 Å². The number of halogens is 2. The summed E-state index contributed by atoms with van der Waals surface area (Å²) in [6, 6.07) is 11.6. The summed E-state index contributed by atoms with van der Waals surface area (Å²) in [6.07, 6.45) is 4.16. The molecule has 8 heteroatoms. The molecule has 0 saturated heterocycles. The molecule has 0 fully saturated rings. The smallest absolute Gasteiger partial charge is 0.171 e. The molecule has 0 aliphatic heterocycles. The Hall–Kier alpha value is -2.12. The van der Waals surface area contributed by atoms with Crippen LogP contribution in [0.2, 0.25) is 10.0 Å². The van der Waals surface area contributed by atoms with Gasteiger partial charge in [-0.2, -0.15) is 0 Å². The predicted molar refractivity (Wildman–Crippen MR) is 135 cm³/mol. The summed E-state index contributed by atoms with van der Waals surface area (Å²) in [7, 11) is 0. The molecule has 0 aliphatic rings. The third kappa shape index (κ3) is 7.66. The van der Waals surface area contributed by atoms with E-state index < -0.39 is 0 Å². The molecule has 152 valence electrons. The highest BCUT2D eigenvalue weighted by atomic mass is 35.5. The first-order valence-corrected chi connectivity index (χ1v) is 10.4. The lowest BCUT2D eigenvalue weighted by Gasteiger charge is -2.13. The highest BCUT2D eigenvalue weighted by Gasteiger charge is 2.07. The van der Waals surface area contributed by atoms with E-state index >= 15 is 0 Å². The summed E-state index contributed by atoms with van der Waals surface area (Å²) in [5, 5.41) is 14.3. The monoisotopic (exact) mass is 464 g/mol. The zero-order valence-corrected chi connectivity index (χ0v) is 18.9. The van der Waals surface area contributed by atoms with E-state index in [1.54, 1.807) is 12.2 Å². The summed E-state index contributed by atoms with van der Waals surface area (Å²) in [6.45, 7) is 8.46. The Bertz CT molecular complexity index is 842. The van der Waals surface area contributed by atoms with Gasteiger partial charge >= 0.3 is 0 Å². The van der Waals surface area contributed by atoms with Crippen molar-refractivity contribution in [3.05, 3.63) is 82.9 Å². The average Bonchev–Trinajstić information content (AvgIpc) is 2.69. The lowest BCUT2D eigenvalue weighted by molar-refractivity contribution is 1.06. The molecule has 4 N–H and O–H groups in total. The minimum atomic E-state index is 0.495. The Balaban J connectivity index is 2.02. The van der Waals surface area contributed by atoms with E-state index in [0.29, 0.717) is 39.8 Å². The Morgan fingerprint density at radius 1 is 0.793 bits per heavy atom.